The van der Waals surface area contributed by atoms with Crippen molar-refractivity contribution < 1.29 is 4.74 Å². The van der Waals surface area contributed by atoms with Crippen LogP contribution in [0, 0.1) is 12.8 Å². The van der Waals surface area contributed by atoms with Gasteiger partial charge < -0.3 is 4.74 Å². The minimum absolute atomic E-state index is 0.278. The predicted octanol–water partition coefficient (Wildman–Crippen LogP) is 4.33. The van der Waals surface area contributed by atoms with Crippen LogP contribution in [0.25, 0.3) is 0 Å². The van der Waals surface area contributed by atoms with E-state index in [9.17, 15) is 0 Å². The molecular weight excluding hydrogens is 296 g/mol. The third-order valence-corrected chi connectivity index (χ3v) is 5.17. The van der Waals surface area contributed by atoms with E-state index in [-0.39, 0.29) is 6.10 Å². The molecule has 0 radical (unpaired) electrons. The fraction of sp³-hybridized carbons (Fsp3) is 0.476. The van der Waals surface area contributed by atoms with Gasteiger partial charge in [-0.1, -0.05) is 36.4 Å². The molecule has 128 valence electrons. The van der Waals surface area contributed by atoms with Crippen molar-refractivity contribution in [1.82, 2.24) is 4.90 Å². The number of hydrogen-bond acceptors (Lipinski definition) is 3. The first-order valence-electron chi connectivity index (χ1n) is 8.99. The van der Waals surface area contributed by atoms with E-state index < -0.39 is 0 Å². The molecule has 0 N–H and O–H groups in total. The van der Waals surface area contributed by atoms with Gasteiger partial charge in [0.25, 0.3) is 0 Å². The highest BCUT2D eigenvalue weighted by atomic mass is 16.5. The Bertz CT molecular complexity index is 626. The summed E-state index contributed by atoms with van der Waals surface area (Å²) in [4.78, 5) is 7.11. The lowest BCUT2D eigenvalue weighted by atomic mass is 9.92. The minimum atomic E-state index is 0.278. The maximum absolute atomic E-state index is 6.25. The summed E-state index contributed by atoms with van der Waals surface area (Å²) in [5.74, 6) is 1.45. The second-order valence-corrected chi connectivity index (χ2v) is 6.96. The number of piperidine rings is 1. The normalized spacial score (nSPS) is 27.7. The van der Waals surface area contributed by atoms with Crippen LogP contribution in [0.3, 0.4) is 0 Å². The van der Waals surface area contributed by atoms with Gasteiger partial charge in [0.1, 0.15) is 11.9 Å². The van der Waals surface area contributed by atoms with Crippen molar-refractivity contribution >= 4 is 5.71 Å². The molecule has 3 heterocycles. The molecule has 0 aliphatic carbocycles. The lowest BCUT2D eigenvalue weighted by Crippen LogP contribution is -2.42. The molecule has 3 atom stereocenters. The van der Waals surface area contributed by atoms with Gasteiger partial charge in [0.05, 0.1) is 6.20 Å². The molecule has 0 amide bonds. The van der Waals surface area contributed by atoms with Crippen LogP contribution in [-0.2, 0) is 4.74 Å². The van der Waals surface area contributed by atoms with Gasteiger partial charge in [-0.15, -0.1) is 0 Å². The quantitative estimate of drug-likeness (QED) is 0.457. The fourth-order valence-electron chi connectivity index (χ4n) is 3.61. The van der Waals surface area contributed by atoms with Crippen LogP contribution in [0.4, 0.5) is 0 Å². The van der Waals surface area contributed by atoms with Gasteiger partial charge in [-0.25, -0.2) is 0 Å². The van der Waals surface area contributed by atoms with Crippen LogP contribution in [0.5, 0.6) is 0 Å². The monoisotopic (exact) mass is 324 g/mol. The number of ether oxygens (including phenoxy) is 1. The van der Waals surface area contributed by atoms with E-state index in [0.717, 1.165) is 23.6 Å². The number of allylic oxidation sites excluding steroid dienone is 1. The van der Waals surface area contributed by atoms with Gasteiger partial charge in [0, 0.05) is 12.3 Å². The Morgan fingerprint density at radius 1 is 1.25 bits per heavy atom. The molecule has 3 nitrogen and oxygen atoms in total. The van der Waals surface area contributed by atoms with Crippen molar-refractivity contribution in [3.63, 3.8) is 0 Å². The largest absolute Gasteiger partial charge is 0.487 e. The smallest absolute Gasteiger partial charge is 0.137 e. The van der Waals surface area contributed by atoms with E-state index in [1.165, 1.54) is 37.9 Å². The number of benzene rings is 1. The molecule has 3 aliphatic heterocycles. The molecule has 0 aromatic heterocycles. The lowest BCUT2D eigenvalue weighted by molar-refractivity contribution is 0.0164. The zero-order valence-electron chi connectivity index (χ0n) is 14.9. The second-order valence-electron chi connectivity index (χ2n) is 6.96. The van der Waals surface area contributed by atoms with E-state index in [2.05, 4.69) is 47.7 Å². The maximum Gasteiger partial charge on any atom is 0.137 e. The van der Waals surface area contributed by atoms with Crippen molar-refractivity contribution in [3.8, 4) is 0 Å². The highest BCUT2D eigenvalue weighted by Gasteiger charge is 2.33. The summed E-state index contributed by atoms with van der Waals surface area (Å²) in [6.45, 7) is 11.5. The third-order valence-electron chi connectivity index (χ3n) is 5.17. The summed E-state index contributed by atoms with van der Waals surface area (Å²) in [6, 6.07) is 8.43. The molecule has 1 aromatic carbocycles. The standard InChI is InChI=1S/C21H28N2O/c1-4-20(14-22-17(3)18-9-7-16(2)8-10-18)24-21-15-23-12-5-6-19(21)11-13-23/h4,7-10,14,19,21H,1,5-6,11-13,15H2,2-3H3/b20-14+,22-17?. The van der Waals surface area contributed by atoms with Crippen LogP contribution in [-0.4, -0.2) is 36.3 Å². The number of hydrogen-bond donors (Lipinski definition) is 0. The molecule has 0 saturated carbocycles. The second kappa shape index (κ2) is 7.80. The first-order chi connectivity index (χ1) is 11.7. The van der Waals surface area contributed by atoms with Crippen molar-refractivity contribution in [1.29, 1.82) is 0 Å². The fourth-order valence-corrected chi connectivity index (χ4v) is 3.61. The summed E-state index contributed by atoms with van der Waals surface area (Å²) < 4.78 is 6.25. The minimum Gasteiger partial charge on any atom is -0.487 e. The van der Waals surface area contributed by atoms with Gasteiger partial charge in [-0.3, -0.25) is 9.89 Å². The molecule has 3 aliphatic rings. The van der Waals surface area contributed by atoms with Crippen LogP contribution < -0.4 is 0 Å². The first-order valence-corrected chi connectivity index (χ1v) is 8.99. The SMILES string of the molecule is C=C/C(=C\N=C(C)c1ccc(C)cc1)OC1CN2CCCC1CC2. The van der Waals surface area contributed by atoms with Crippen molar-refractivity contribution in [2.24, 2.45) is 10.9 Å². The highest BCUT2D eigenvalue weighted by molar-refractivity contribution is 5.99. The summed E-state index contributed by atoms with van der Waals surface area (Å²) in [5.41, 5.74) is 3.39. The molecule has 1 aromatic rings. The summed E-state index contributed by atoms with van der Waals surface area (Å²) in [6.07, 6.45) is 7.69. The van der Waals surface area contributed by atoms with Gasteiger partial charge in [0.15, 0.2) is 0 Å². The molecule has 0 spiro atoms. The van der Waals surface area contributed by atoms with E-state index in [4.69, 9.17) is 4.74 Å². The van der Waals surface area contributed by atoms with Crippen molar-refractivity contribution in [2.75, 3.05) is 19.6 Å². The van der Waals surface area contributed by atoms with Gasteiger partial charge in [-0.05, 0) is 63.8 Å². The van der Waals surface area contributed by atoms with Gasteiger partial charge >= 0.3 is 0 Å². The number of rotatable bonds is 5. The average molecular weight is 324 g/mol. The first kappa shape index (κ1) is 17.0. The van der Waals surface area contributed by atoms with Crippen LogP contribution >= 0.6 is 0 Å². The van der Waals surface area contributed by atoms with E-state index in [1.54, 1.807) is 6.08 Å². The zero-order chi connectivity index (χ0) is 16.9. The van der Waals surface area contributed by atoms with Gasteiger partial charge in [0.2, 0.25) is 0 Å². The summed E-state index contributed by atoms with van der Waals surface area (Å²) in [7, 11) is 0. The molecule has 4 rings (SSSR count). The number of aryl methyl sites for hydroxylation is 1. The molecule has 3 unspecified atom stereocenters. The van der Waals surface area contributed by atoms with Crippen molar-refractivity contribution in [2.45, 2.75) is 39.2 Å². The third kappa shape index (κ3) is 4.15. The number of fused-ring (bicyclic) bond motifs is 4. The Kier molecular flexibility index (Phi) is 5.52. The van der Waals surface area contributed by atoms with E-state index >= 15 is 0 Å². The molecule has 3 fully saturated rings. The number of nitrogens with zero attached hydrogens (tertiary/aromatic N) is 2. The Hall–Kier alpha value is -1.87. The van der Waals surface area contributed by atoms with Crippen LogP contribution in [0.15, 0.2) is 53.9 Å². The Labute approximate surface area is 145 Å². The Balaban J connectivity index is 1.69. The molecule has 3 heteroatoms. The Morgan fingerprint density at radius 3 is 2.79 bits per heavy atom. The van der Waals surface area contributed by atoms with Gasteiger partial charge in [-0.2, -0.15) is 0 Å². The van der Waals surface area contributed by atoms with E-state index in [1.807, 2.05) is 13.1 Å². The Morgan fingerprint density at radius 2 is 2.04 bits per heavy atom. The summed E-state index contributed by atoms with van der Waals surface area (Å²) >= 11 is 0. The molecule has 3 saturated heterocycles. The van der Waals surface area contributed by atoms with Crippen molar-refractivity contribution in [3.05, 3.63) is 60.0 Å². The molecule has 2 bridgehead atoms. The predicted molar refractivity (Wildman–Crippen MR) is 100 cm³/mol. The molecule has 24 heavy (non-hydrogen) atoms. The van der Waals surface area contributed by atoms with Crippen LogP contribution in [0.1, 0.15) is 37.3 Å². The topological polar surface area (TPSA) is 24.8 Å². The van der Waals surface area contributed by atoms with Crippen LogP contribution in [0.2, 0.25) is 0 Å². The average Bonchev–Trinajstić information content (AvgIpc) is 2.94. The zero-order valence-corrected chi connectivity index (χ0v) is 14.9. The van der Waals surface area contributed by atoms with E-state index in [0.29, 0.717) is 5.92 Å². The highest BCUT2D eigenvalue weighted by Crippen LogP contribution is 2.30. The lowest BCUT2D eigenvalue weighted by Gasteiger charge is -2.34. The summed E-state index contributed by atoms with van der Waals surface area (Å²) in [5, 5.41) is 0. The molecular formula is C21H28N2O. The number of aliphatic imine (C=N–C) groups is 1. The maximum atomic E-state index is 6.25.